The third-order valence-electron chi connectivity index (χ3n) is 4.40. The maximum absolute atomic E-state index is 12.4. The summed E-state index contributed by atoms with van der Waals surface area (Å²) in [6.45, 7) is 3.60. The van der Waals surface area contributed by atoms with Gasteiger partial charge in [-0.25, -0.2) is 0 Å². The molecule has 0 aromatic heterocycles. The van der Waals surface area contributed by atoms with E-state index in [0.29, 0.717) is 23.6 Å². The van der Waals surface area contributed by atoms with Crippen LogP contribution >= 0.6 is 11.6 Å². The second-order valence-corrected chi connectivity index (χ2v) is 6.32. The molecule has 132 valence electrons. The Morgan fingerprint density at radius 1 is 1.33 bits per heavy atom. The average molecular weight is 354 g/mol. The molecule has 0 aliphatic carbocycles. The number of carbonyl (C=O) groups excluding carboxylic acids is 2. The van der Waals surface area contributed by atoms with Crippen molar-refractivity contribution in [3.05, 3.63) is 28.8 Å². The van der Waals surface area contributed by atoms with Crippen LogP contribution in [0.2, 0.25) is 5.02 Å². The Morgan fingerprint density at radius 2 is 2.04 bits per heavy atom. The summed E-state index contributed by atoms with van der Waals surface area (Å²) in [7, 11) is 1.56. The van der Waals surface area contributed by atoms with Gasteiger partial charge in [0.2, 0.25) is 5.91 Å². The topological polar surface area (TPSA) is 79.5 Å². The van der Waals surface area contributed by atoms with Crippen molar-refractivity contribution in [2.45, 2.75) is 31.8 Å². The smallest absolute Gasteiger partial charge is 0.252 e. The molecule has 24 heavy (non-hydrogen) atoms. The monoisotopic (exact) mass is 353 g/mol. The van der Waals surface area contributed by atoms with Gasteiger partial charge in [-0.1, -0.05) is 17.7 Å². The lowest BCUT2D eigenvalue weighted by Gasteiger charge is -2.34. The van der Waals surface area contributed by atoms with Crippen LogP contribution in [0.1, 0.15) is 24.8 Å². The van der Waals surface area contributed by atoms with Gasteiger partial charge in [-0.2, -0.15) is 0 Å². The number of rotatable bonds is 6. The number of halogens is 1. The maximum Gasteiger partial charge on any atom is 0.252 e. The summed E-state index contributed by atoms with van der Waals surface area (Å²) in [6, 6.07) is 5.36. The number of hydrogen-bond donors (Lipinski definition) is 3. The predicted octanol–water partition coefficient (Wildman–Crippen LogP) is 1.86. The molecule has 1 aromatic carbocycles. The Hall–Kier alpha value is -1.63. The molecule has 1 saturated heterocycles. The Balaban J connectivity index is 1.81. The third kappa shape index (κ3) is 4.47. The van der Waals surface area contributed by atoms with Crippen molar-refractivity contribution in [2.75, 3.05) is 32.1 Å². The molecule has 0 radical (unpaired) electrons. The van der Waals surface area contributed by atoms with E-state index >= 15 is 0 Å². The largest absolute Gasteiger partial charge is 0.368 e. The molecule has 0 bridgehead atoms. The number of benzene rings is 1. The summed E-state index contributed by atoms with van der Waals surface area (Å²) in [5, 5.41) is 9.43. The molecule has 0 unspecified atom stereocenters. The minimum Gasteiger partial charge on any atom is -0.368 e. The highest BCUT2D eigenvalue weighted by molar-refractivity contribution is 6.31. The van der Waals surface area contributed by atoms with Gasteiger partial charge in [0.05, 0.1) is 0 Å². The highest BCUT2D eigenvalue weighted by Crippen LogP contribution is 2.23. The molecular weight excluding hydrogens is 330 g/mol. The van der Waals surface area contributed by atoms with Crippen LogP contribution in [-0.2, 0) is 14.3 Å². The highest BCUT2D eigenvalue weighted by atomic mass is 35.5. The fraction of sp³-hybridized carbons (Fsp3) is 0.529. The summed E-state index contributed by atoms with van der Waals surface area (Å²) >= 11 is 6.03. The van der Waals surface area contributed by atoms with Crippen molar-refractivity contribution < 1.29 is 14.3 Å². The van der Waals surface area contributed by atoms with E-state index in [1.807, 2.05) is 6.92 Å². The van der Waals surface area contributed by atoms with Gasteiger partial charge in [0.15, 0.2) is 0 Å². The lowest BCUT2D eigenvalue weighted by molar-refractivity contribution is -0.146. The van der Waals surface area contributed by atoms with Gasteiger partial charge in [-0.3, -0.25) is 9.59 Å². The average Bonchev–Trinajstić information content (AvgIpc) is 2.59. The van der Waals surface area contributed by atoms with E-state index in [4.69, 9.17) is 16.3 Å². The minimum atomic E-state index is -0.786. The molecule has 1 aliphatic heterocycles. The molecule has 3 N–H and O–H groups in total. The van der Waals surface area contributed by atoms with Gasteiger partial charge in [0, 0.05) is 30.8 Å². The fourth-order valence-electron chi connectivity index (χ4n) is 2.76. The van der Waals surface area contributed by atoms with E-state index in [1.54, 1.807) is 25.3 Å². The van der Waals surface area contributed by atoms with Gasteiger partial charge in [0.25, 0.3) is 5.91 Å². The van der Waals surface area contributed by atoms with Crippen molar-refractivity contribution in [3.8, 4) is 0 Å². The quantitative estimate of drug-likeness (QED) is 0.729. The van der Waals surface area contributed by atoms with Gasteiger partial charge < -0.3 is 20.7 Å². The minimum absolute atomic E-state index is 0.154. The number of piperidine rings is 1. The number of hydrogen-bond acceptors (Lipinski definition) is 4. The predicted molar refractivity (Wildman–Crippen MR) is 94.3 cm³/mol. The van der Waals surface area contributed by atoms with E-state index in [-0.39, 0.29) is 24.8 Å². The summed E-state index contributed by atoms with van der Waals surface area (Å²) < 4.78 is 5.46. The molecule has 0 atom stereocenters. The molecule has 1 heterocycles. The Morgan fingerprint density at radius 3 is 2.71 bits per heavy atom. The lowest BCUT2D eigenvalue weighted by atomic mass is 9.91. The van der Waals surface area contributed by atoms with Crippen LogP contribution in [0.5, 0.6) is 0 Å². The van der Waals surface area contributed by atoms with E-state index in [0.717, 1.165) is 18.7 Å². The Kier molecular flexibility index (Phi) is 6.60. The van der Waals surface area contributed by atoms with E-state index in [9.17, 15) is 9.59 Å². The number of ether oxygens (including phenoxy) is 1. The van der Waals surface area contributed by atoms with E-state index in [2.05, 4.69) is 16.0 Å². The molecule has 2 rings (SSSR count). The summed E-state index contributed by atoms with van der Waals surface area (Å²) in [5.41, 5.74) is 0.723. The summed E-state index contributed by atoms with van der Waals surface area (Å²) in [5.74, 6) is -0.323. The van der Waals surface area contributed by atoms with Crippen LogP contribution in [0.3, 0.4) is 0 Å². The number of methoxy groups -OCH3 is 1. The van der Waals surface area contributed by atoms with Crippen molar-refractivity contribution in [3.63, 3.8) is 0 Å². The number of anilines is 1. The lowest BCUT2D eigenvalue weighted by Crippen LogP contribution is -2.54. The van der Waals surface area contributed by atoms with Crippen molar-refractivity contribution in [1.29, 1.82) is 0 Å². The molecular formula is C17H24ClN3O3. The van der Waals surface area contributed by atoms with Crippen LogP contribution in [0, 0.1) is 6.92 Å². The Labute approximate surface area is 147 Å². The zero-order chi connectivity index (χ0) is 17.6. The molecule has 1 aliphatic rings. The first-order chi connectivity index (χ1) is 11.5. The van der Waals surface area contributed by atoms with Gasteiger partial charge in [-0.05, 0) is 50.6 Å². The molecule has 1 aromatic rings. The van der Waals surface area contributed by atoms with Gasteiger partial charge in [0.1, 0.15) is 5.60 Å². The maximum atomic E-state index is 12.4. The molecule has 7 heteroatoms. The SMILES string of the molecule is COC1(C(=O)NCCC(=O)Nc2cccc(Cl)c2C)CCNCC1. The first-order valence-electron chi connectivity index (χ1n) is 8.07. The second kappa shape index (κ2) is 8.46. The van der Waals surface area contributed by atoms with Crippen LogP contribution in [0.25, 0.3) is 0 Å². The third-order valence-corrected chi connectivity index (χ3v) is 4.80. The van der Waals surface area contributed by atoms with Crippen molar-refractivity contribution in [1.82, 2.24) is 10.6 Å². The van der Waals surface area contributed by atoms with Gasteiger partial charge in [-0.15, -0.1) is 0 Å². The molecule has 1 fully saturated rings. The molecule has 0 spiro atoms. The number of amides is 2. The molecule has 2 amide bonds. The van der Waals surface area contributed by atoms with Crippen LogP contribution in [0.4, 0.5) is 5.69 Å². The molecule has 6 nitrogen and oxygen atoms in total. The first kappa shape index (κ1) is 18.7. The highest BCUT2D eigenvalue weighted by Gasteiger charge is 2.39. The fourth-order valence-corrected chi connectivity index (χ4v) is 2.94. The normalized spacial score (nSPS) is 16.5. The zero-order valence-corrected chi connectivity index (χ0v) is 14.8. The first-order valence-corrected chi connectivity index (χ1v) is 8.45. The van der Waals surface area contributed by atoms with E-state index in [1.165, 1.54) is 0 Å². The summed E-state index contributed by atoms with van der Waals surface area (Å²) in [6.07, 6.45) is 1.45. The number of nitrogens with one attached hydrogen (secondary N) is 3. The Bertz CT molecular complexity index is 601. The second-order valence-electron chi connectivity index (χ2n) is 5.91. The standard InChI is InChI=1S/C17H24ClN3O3/c1-12-13(18)4-3-5-14(12)21-15(22)6-9-20-16(23)17(24-2)7-10-19-11-8-17/h3-5,19H,6-11H2,1-2H3,(H,20,23)(H,21,22). The van der Waals surface area contributed by atoms with E-state index < -0.39 is 5.60 Å². The van der Waals surface area contributed by atoms with Crippen LogP contribution in [0.15, 0.2) is 18.2 Å². The summed E-state index contributed by atoms with van der Waals surface area (Å²) in [4.78, 5) is 24.4. The zero-order valence-electron chi connectivity index (χ0n) is 14.1. The van der Waals surface area contributed by atoms with Crippen LogP contribution < -0.4 is 16.0 Å². The molecule has 0 saturated carbocycles. The van der Waals surface area contributed by atoms with Crippen molar-refractivity contribution >= 4 is 29.1 Å². The number of carbonyl (C=O) groups is 2. The van der Waals surface area contributed by atoms with Crippen molar-refractivity contribution in [2.24, 2.45) is 0 Å². The van der Waals surface area contributed by atoms with Crippen LogP contribution in [-0.4, -0.2) is 44.2 Å². The van der Waals surface area contributed by atoms with Gasteiger partial charge >= 0.3 is 0 Å².